The van der Waals surface area contributed by atoms with E-state index in [2.05, 4.69) is 20.3 Å². The molecule has 0 bridgehead atoms. The zero-order valence-electron chi connectivity index (χ0n) is 15.3. The molecule has 0 saturated carbocycles. The van der Waals surface area contributed by atoms with Crippen LogP contribution >= 0.6 is 0 Å². The van der Waals surface area contributed by atoms with Gasteiger partial charge in [0.15, 0.2) is 0 Å². The van der Waals surface area contributed by atoms with Crippen LogP contribution in [0.25, 0.3) is 11.3 Å². The molecule has 0 fully saturated rings. The van der Waals surface area contributed by atoms with Crippen molar-refractivity contribution < 1.29 is 14.3 Å². The van der Waals surface area contributed by atoms with Gasteiger partial charge in [0.2, 0.25) is 5.78 Å². The van der Waals surface area contributed by atoms with Gasteiger partial charge in [0, 0.05) is 35.5 Å². The van der Waals surface area contributed by atoms with Crippen molar-refractivity contribution in [1.82, 2.24) is 15.0 Å². The Kier molecular flexibility index (Phi) is 5.03. The number of nitrogens with one attached hydrogen (secondary N) is 2. The van der Waals surface area contributed by atoms with Crippen molar-refractivity contribution in [2.45, 2.75) is 26.4 Å². The minimum atomic E-state index is -0.555. The topological polar surface area (TPSA) is 97.0 Å². The Labute approximate surface area is 156 Å². The number of ether oxygens (including phenoxy) is 1. The molecule has 1 amide bonds. The summed E-state index contributed by atoms with van der Waals surface area (Å²) in [6.45, 7) is 5.42. The minimum absolute atomic E-state index is 0.200. The molecule has 0 atom stereocenters. The van der Waals surface area contributed by atoms with Gasteiger partial charge in [-0.2, -0.15) is 0 Å². The smallest absolute Gasteiger partial charge is 0.412 e. The maximum absolute atomic E-state index is 12.4. The van der Waals surface area contributed by atoms with Crippen LogP contribution in [0.1, 0.15) is 36.8 Å². The first-order valence-corrected chi connectivity index (χ1v) is 8.41. The van der Waals surface area contributed by atoms with Gasteiger partial charge in [-0.1, -0.05) is 12.1 Å². The molecule has 2 heterocycles. The van der Waals surface area contributed by atoms with Crippen molar-refractivity contribution in [3.8, 4) is 11.3 Å². The van der Waals surface area contributed by atoms with E-state index in [1.165, 1.54) is 18.6 Å². The predicted octanol–water partition coefficient (Wildman–Crippen LogP) is 4.05. The van der Waals surface area contributed by atoms with Crippen LogP contribution in [-0.4, -0.2) is 32.4 Å². The summed E-state index contributed by atoms with van der Waals surface area (Å²) in [6.07, 6.45) is 5.57. The van der Waals surface area contributed by atoms with Gasteiger partial charge in [-0.25, -0.2) is 9.78 Å². The summed E-state index contributed by atoms with van der Waals surface area (Å²) in [4.78, 5) is 35.2. The molecule has 2 aromatic heterocycles. The first-order valence-electron chi connectivity index (χ1n) is 8.41. The second kappa shape index (κ2) is 7.41. The van der Waals surface area contributed by atoms with Crippen molar-refractivity contribution in [1.29, 1.82) is 0 Å². The first-order chi connectivity index (χ1) is 12.8. The molecular formula is C20H20N4O3. The lowest BCUT2D eigenvalue weighted by molar-refractivity contribution is 0.0635. The van der Waals surface area contributed by atoms with E-state index >= 15 is 0 Å². The number of hydrogen-bond donors (Lipinski definition) is 2. The maximum Gasteiger partial charge on any atom is 0.412 e. The molecule has 0 aliphatic carbocycles. The maximum atomic E-state index is 12.4. The summed E-state index contributed by atoms with van der Waals surface area (Å²) in [7, 11) is 0. The number of nitrogens with zero attached hydrogens (tertiary/aromatic N) is 2. The van der Waals surface area contributed by atoms with Crippen molar-refractivity contribution in [2.75, 3.05) is 5.32 Å². The Morgan fingerprint density at radius 3 is 2.48 bits per heavy atom. The lowest BCUT2D eigenvalue weighted by Crippen LogP contribution is -2.27. The fourth-order valence-electron chi connectivity index (χ4n) is 2.41. The predicted molar refractivity (Wildman–Crippen MR) is 102 cm³/mol. The highest BCUT2D eigenvalue weighted by Crippen LogP contribution is 2.22. The average Bonchev–Trinajstić information content (AvgIpc) is 3.11. The summed E-state index contributed by atoms with van der Waals surface area (Å²) in [5.41, 5.74) is 2.52. The Bertz CT molecular complexity index is 941. The van der Waals surface area contributed by atoms with Gasteiger partial charge in [0.05, 0.1) is 6.20 Å². The van der Waals surface area contributed by atoms with Crippen molar-refractivity contribution in [3.05, 3.63) is 66.4 Å². The number of amides is 1. The van der Waals surface area contributed by atoms with Crippen LogP contribution in [0.2, 0.25) is 0 Å². The van der Waals surface area contributed by atoms with Crippen LogP contribution in [0.3, 0.4) is 0 Å². The number of hydrogen-bond acceptors (Lipinski definition) is 5. The van der Waals surface area contributed by atoms with Gasteiger partial charge in [0.25, 0.3) is 0 Å². The Morgan fingerprint density at radius 1 is 1.11 bits per heavy atom. The van der Waals surface area contributed by atoms with Gasteiger partial charge < -0.3 is 9.72 Å². The summed E-state index contributed by atoms with van der Waals surface area (Å²) >= 11 is 0. The number of aromatic amines is 1. The van der Waals surface area contributed by atoms with E-state index in [0.717, 1.165) is 11.3 Å². The normalized spacial score (nSPS) is 11.1. The van der Waals surface area contributed by atoms with Crippen LogP contribution in [0.5, 0.6) is 0 Å². The molecule has 0 unspecified atom stereocenters. The summed E-state index contributed by atoms with van der Waals surface area (Å²) < 4.78 is 5.22. The van der Waals surface area contributed by atoms with Crippen molar-refractivity contribution in [3.63, 3.8) is 0 Å². The van der Waals surface area contributed by atoms with E-state index < -0.39 is 11.7 Å². The van der Waals surface area contributed by atoms with Crippen LogP contribution in [0.15, 0.2) is 55.1 Å². The van der Waals surface area contributed by atoms with Gasteiger partial charge in [-0.05, 0) is 44.5 Å². The van der Waals surface area contributed by atoms with Crippen LogP contribution in [0.4, 0.5) is 10.5 Å². The molecule has 2 N–H and O–H groups in total. The van der Waals surface area contributed by atoms with Crippen molar-refractivity contribution in [2.24, 2.45) is 0 Å². The third-order valence-electron chi connectivity index (χ3n) is 3.58. The third kappa shape index (κ3) is 4.78. The number of rotatable bonds is 4. The zero-order chi connectivity index (χ0) is 19.4. The highest BCUT2D eigenvalue weighted by molar-refractivity contribution is 6.08. The Morgan fingerprint density at radius 2 is 1.85 bits per heavy atom. The molecule has 1 aromatic carbocycles. The van der Waals surface area contributed by atoms with Gasteiger partial charge in [-0.3, -0.25) is 15.1 Å². The molecule has 0 aliphatic rings. The van der Waals surface area contributed by atoms with E-state index in [-0.39, 0.29) is 5.78 Å². The minimum Gasteiger partial charge on any atom is -0.444 e. The van der Waals surface area contributed by atoms with E-state index in [9.17, 15) is 9.59 Å². The SMILES string of the molecule is CC(C)(C)OC(=O)Nc1ccc(-c2cc(C(=O)c3cnccn3)c[nH]2)cc1. The lowest BCUT2D eigenvalue weighted by Gasteiger charge is -2.19. The Balaban J connectivity index is 1.70. The van der Waals surface area contributed by atoms with Crippen LogP contribution in [-0.2, 0) is 4.74 Å². The third-order valence-corrected chi connectivity index (χ3v) is 3.58. The molecule has 27 heavy (non-hydrogen) atoms. The molecule has 0 saturated heterocycles. The van der Waals surface area contributed by atoms with E-state index in [0.29, 0.717) is 16.9 Å². The number of carbonyl (C=O) groups is 2. The monoisotopic (exact) mass is 364 g/mol. The summed E-state index contributed by atoms with van der Waals surface area (Å²) in [5.74, 6) is -0.200. The standard InChI is InChI=1S/C20H20N4O3/c1-20(2,3)27-19(26)24-15-6-4-13(5-7-15)16-10-14(11-23-16)18(25)17-12-21-8-9-22-17/h4-12,23H,1-3H3,(H,24,26). The summed E-state index contributed by atoms with van der Waals surface area (Å²) in [6, 6.07) is 8.98. The van der Waals surface area contributed by atoms with Crippen molar-refractivity contribution >= 4 is 17.6 Å². The number of ketones is 1. The Hall–Kier alpha value is -3.48. The van der Waals surface area contributed by atoms with E-state index in [1.807, 2.05) is 12.1 Å². The molecule has 138 valence electrons. The zero-order valence-corrected chi connectivity index (χ0v) is 15.3. The quantitative estimate of drug-likeness (QED) is 0.681. The van der Waals surface area contributed by atoms with Gasteiger partial charge in [-0.15, -0.1) is 0 Å². The number of carbonyl (C=O) groups excluding carboxylic acids is 2. The highest BCUT2D eigenvalue weighted by atomic mass is 16.6. The molecule has 3 aromatic rings. The number of benzene rings is 1. The number of anilines is 1. The molecule has 0 aliphatic heterocycles. The highest BCUT2D eigenvalue weighted by Gasteiger charge is 2.16. The molecule has 0 spiro atoms. The van der Waals surface area contributed by atoms with Gasteiger partial charge in [0.1, 0.15) is 11.3 Å². The lowest BCUT2D eigenvalue weighted by atomic mass is 10.1. The molecular weight excluding hydrogens is 344 g/mol. The first kappa shape index (κ1) is 18.3. The number of aromatic nitrogens is 3. The largest absolute Gasteiger partial charge is 0.444 e. The number of H-pyrrole nitrogens is 1. The fourth-order valence-corrected chi connectivity index (χ4v) is 2.41. The fraction of sp³-hybridized carbons (Fsp3) is 0.200. The second-order valence-electron chi connectivity index (χ2n) is 6.93. The molecule has 7 heteroatoms. The molecule has 3 rings (SSSR count). The molecule has 0 radical (unpaired) electrons. The average molecular weight is 364 g/mol. The molecule has 7 nitrogen and oxygen atoms in total. The van der Waals surface area contributed by atoms with E-state index in [1.54, 1.807) is 45.2 Å². The van der Waals surface area contributed by atoms with Crippen LogP contribution < -0.4 is 5.32 Å². The van der Waals surface area contributed by atoms with E-state index in [4.69, 9.17) is 4.74 Å². The summed E-state index contributed by atoms with van der Waals surface area (Å²) in [5, 5.41) is 2.68. The second-order valence-corrected chi connectivity index (χ2v) is 6.93. The van der Waals surface area contributed by atoms with Gasteiger partial charge >= 0.3 is 6.09 Å². The van der Waals surface area contributed by atoms with Crippen LogP contribution in [0, 0.1) is 0 Å².